The highest BCUT2D eigenvalue weighted by Crippen LogP contribution is 2.28. The van der Waals surface area contributed by atoms with Gasteiger partial charge in [0.25, 0.3) is 0 Å². The first-order valence-electron chi connectivity index (χ1n) is 4.07. The normalized spacial score (nSPS) is 20.1. The second-order valence-corrected chi connectivity index (χ2v) is 3.74. The Hall–Kier alpha value is -1.05. The van der Waals surface area contributed by atoms with Crippen LogP contribution < -0.4 is 0 Å². The molecule has 0 radical (unpaired) electrons. The minimum Gasteiger partial charge on any atom is -0.427 e. The monoisotopic (exact) mass is 166 g/mol. The van der Waals surface area contributed by atoms with Gasteiger partial charge in [-0.15, -0.1) is 0 Å². The molecule has 0 saturated heterocycles. The van der Waals surface area contributed by atoms with E-state index < -0.39 is 0 Å². The molecule has 12 heavy (non-hydrogen) atoms. The molecule has 0 unspecified atom stereocenters. The molecule has 0 aliphatic heterocycles. The van der Waals surface area contributed by atoms with E-state index in [0.717, 1.165) is 6.42 Å². The third-order valence-electron chi connectivity index (χ3n) is 1.72. The van der Waals surface area contributed by atoms with E-state index in [1.54, 1.807) is 0 Å². The first kappa shape index (κ1) is 9.04. The van der Waals surface area contributed by atoms with Crippen molar-refractivity contribution in [3.8, 4) is 0 Å². The van der Waals surface area contributed by atoms with E-state index in [9.17, 15) is 4.79 Å². The van der Waals surface area contributed by atoms with E-state index >= 15 is 0 Å². The molecule has 0 aromatic rings. The number of ether oxygens (including phenoxy) is 1. The van der Waals surface area contributed by atoms with Crippen LogP contribution in [0.25, 0.3) is 0 Å². The molecule has 66 valence electrons. The topological polar surface area (TPSA) is 26.3 Å². The molecule has 0 N–H and O–H groups in total. The minimum atomic E-state index is -0.261. The Morgan fingerprint density at radius 1 is 1.58 bits per heavy atom. The van der Waals surface area contributed by atoms with Crippen molar-refractivity contribution in [1.82, 2.24) is 0 Å². The van der Waals surface area contributed by atoms with Crippen LogP contribution in [0.1, 0.15) is 27.2 Å². The first-order chi connectivity index (χ1) is 5.49. The van der Waals surface area contributed by atoms with Crippen LogP contribution in [0.5, 0.6) is 0 Å². The van der Waals surface area contributed by atoms with Crippen LogP contribution in [0.15, 0.2) is 24.0 Å². The lowest BCUT2D eigenvalue weighted by atomic mass is 9.86. The maximum atomic E-state index is 10.6. The van der Waals surface area contributed by atoms with Gasteiger partial charge in [-0.05, 0) is 24.0 Å². The highest BCUT2D eigenvalue weighted by Gasteiger charge is 2.17. The van der Waals surface area contributed by atoms with Crippen LogP contribution >= 0.6 is 0 Å². The van der Waals surface area contributed by atoms with Crippen molar-refractivity contribution in [3.63, 3.8) is 0 Å². The molecule has 1 rings (SSSR count). The molecular weight excluding hydrogens is 152 g/mol. The first-order valence-corrected chi connectivity index (χ1v) is 4.07. The van der Waals surface area contributed by atoms with Gasteiger partial charge in [-0.2, -0.15) is 0 Å². The summed E-state index contributed by atoms with van der Waals surface area (Å²) in [7, 11) is 0. The van der Waals surface area contributed by atoms with Crippen molar-refractivity contribution in [2.24, 2.45) is 5.41 Å². The highest BCUT2D eigenvalue weighted by molar-refractivity contribution is 5.67. The van der Waals surface area contributed by atoms with Crippen molar-refractivity contribution in [2.75, 3.05) is 0 Å². The van der Waals surface area contributed by atoms with E-state index in [1.165, 1.54) is 6.92 Å². The smallest absolute Gasteiger partial charge is 0.308 e. The molecule has 0 amide bonds. The van der Waals surface area contributed by atoms with Gasteiger partial charge in [-0.25, -0.2) is 0 Å². The predicted molar refractivity (Wildman–Crippen MR) is 47.4 cm³/mol. The summed E-state index contributed by atoms with van der Waals surface area (Å²) in [4.78, 5) is 10.6. The number of carbonyl (C=O) groups is 1. The van der Waals surface area contributed by atoms with Crippen molar-refractivity contribution in [1.29, 1.82) is 0 Å². The summed E-state index contributed by atoms with van der Waals surface area (Å²) in [6.07, 6.45) is 6.84. The van der Waals surface area contributed by atoms with Gasteiger partial charge in [-0.3, -0.25) is 4.79 Å². The number of rotatable bonds is 1. The van der Waals surface area contributed by atoms with Crippen molar-refractivity contribution in [2.45, 2.75) is 27.2 Å². The summed E-state index contributed by atoms with van der Waals surface area (Å²) in [5, 5.41) is 0. The third kappa shape index (κ3) is 2.53. The largest absolute Gasteiger partial charge is 0.427 e. The third-order valence-corrected chi connectivity index (χ3v) is 1.72. The van der Waals surface area contributed by atoms with Crippen molar-refractivity contribution in [3.05, 3.63) is 24.0 Å². The maximum absolute atomic E-state index is 10.6. The van der Waals surface area contributed by atoms with E-state index in [0.29, 0.717) is 5.76 Å². The molecular formula is C10H14O2. The van der Waals surface area contributed by atoms with E-state index in [-0.39, 0.29) is 11.4 Å². The van der Waals surface area contributed by atoms with Gasteiger partial charge in [0.05, 0.1) is 0 Å². The molecule has 0 heterocycles. The fourth-order valence-electron chi connectivity index (χ4n) is 1.20. The van der Waals surface area contributed by atoms with Gasteiger partial charge >= 0.3 is 5.97 Å². The Morgan fingerprint density at radius 3 is 2.75 bits per heavy atom. The Morgan fingerprint density at radius 2 is 2.25 bits per heavy atom. The van der Waals surface area contributed by atoms with Crippen LogP contribution in [0.4, 0.5) is 0 Å². The summed E-state index contributed by atoms with van der Waals surface area (Å²) in [5.74, 6) is 0.405. The van der Waals surface area contributed by atoms with Crippen LogP contribution in [-0.4, -0.2) is 5.97 Å². The Kier molecular flexibility index (Phi) is 2.36. The molecule has 0 fully saturated rings. The minimum absolute atomic E-state index is 0.111. The van der Waals surface area contributed by atoms with E-state index in [2.05, 4.69) is 13.8 Å². The SMILES string of the molecule is CC(=O)OC1=CC(C)(C)CC=C1. The zero-order valence-corrected chi connectivity index (χ0v) is 7.76. The molecule has 2 nitrogen and oxygen atoms in total. The molecule has 0 bridgehead atoms. The molecule has 0 atom stereocenters. The van der Waals surface area contributed by atoms with Crippen molar-refractivity contribution < 1.29 is 9.53 Å². The molecule has 0 aromatic carbocycles. The summed E-state index contributed by atoms with van der Waals surface area (Å²) in [6, 6.07) is 0. The fourth-order valence-corrected chi connectivity index (χ4v) is 1.20. The number of allylic oxidation sites excluding steroid dienone is 3. The molecule has 0 saturated carbocycles. The molecule has 2 heteroatoms. The Bertz CT molecular complexity index is 247. The zero-order chi connectivity index (χ0) is 9.19. The summed E-state index contributed by atoms with van der Waals surface area (Å²) >= 11 is 0. The lowest BCUT2D eigenvalue weighted by molar-refractivity contribution is -0.136. The number of hydrogen-bond donors (Lipinski definition) is 0. The maximum Gasteiger partial charge on any atom is 0.308 e. The lowest BCUT2D eigenvalue weighted by Gasteiger charge is -2.22. The number of hydrogen-bond acceptors (Lipinski definition) is 2. The number of carbonyl (C=O) groups excluding carboxylic acids is 1. The summed E-state index contributed by atoms with van der Waals surface area (Å²) < 4.78 is 4.96. The molecule has 0 spiro atoms. The standard InChI is InChI=1S/C10H14O2/c1-8(11)12-9-5-4-6-10(2,3)7-9/h4-5,7H,6H2,1-3H3. The average Bonchev–Trinajstić information content (AvgIpc) is 1.82. The highest BCUT2D eigenvalue weighted by atomic mass is 16.5. The van der Waals surface area contributed by atoms with Gasteiger partial charge in [0.2, 0.25) is 0 Å². The van der Waals surface area contributed by atoms with E-state index in [4.69, 9.17) is 4.74 Å². The quantitative estimate of drug-likeness (QED) is 0.559. The van der Waals surface area contributed by atoms with Crippen LogP contribution in [-0.2, 0) is 9.53 Å². The second-order valence-electron chi connectivity index (χ2n) is 3.74. The predicted octanol–water partition coefficient (Wildman–Crippen LogP) is 2.42. The average molecular weight is 166 g/mol. The Balaban J connectivity index is 2.71. The molecule has 1 aliphatic carbocycles. The van der Waals surface area contributed by atoms with Crippen molar-refractivity contribution >= 4 is 5.97 Å². The number of esters is 1. The van der Waals surface area contributed by atoms with Crippen LogP contribution in [0, 0.1) is 5.41 Å². The zero-order valence-electron chi connectivity index (χ0n) is 7.76. The molecule has 0 aromatic heterocycles. The van der Waals surface area contributed by atoms with Gasteiger partial charge in [0, 0.05) is 6.92 Å². The Labute approximate surface area is 72.9 Å². The van der Waals surface area contributed by atoms with Gasteiger partial charge in [0.15, 0.2) is 0 Å². The molecule has 1 aliphatic rings. The van der Waals surface area contributed by atoms with Crippen LogP contribution in [0.2, 0.25) is 0 Å². The van der Waals surface area contributed by atoms with Gasteiger partial charge in [-0.1, -0.05) is 19.9 Å². The summed E-state index contributed by atoms with van der Waals surface area (Å²) in [5.41, 5.74) is 0.111. The summed E-state index contributed by atoms with van der Waals surface area (Å²) in [6.45, 7) is 5.64. The van der Waals surface area contributed by atoms with Crippen LogP contribution in [0.3, 0.4) is 0 Å². The second kappa shape index (κ2) is 3.13. The van der Waals surface area contributed by atoms with E-state index in [1.807, 2.05) is 18.2 Å². The lowest BCUT2D eigenvalue weighted by Crippen LogP contribution is -2.11. The van der Waals surface area contributed by atoms with Gasteiger partial charge < -0.3 is 4.74 Å². The fraction of sp³-hybridized carbons (Fsp3) is 0.500. The van der Waals surface area contributed by atoms with Gasteiger partial charge in [0.1, 0.15) is 5.76 Å².